The number of methoxy groups -OCH3 is 1. The van der Waals surface area contributed by atoms with Crippen molar-refractivity contribution in [1.29, 1.82) is 0 Å². The molecule has 3 aliphatic rings. The van der Waals surface area contributed by atoms with E-state index in [1.54, 1.807) is 7.11 Å². The normalized spacial score (nSPS) is 28.2. The second-order valence-corrected chi connectivity index (χ2v) is 17.2. The van der Waals surface area contributed by atoms with E-state index < -0.39 is 10.1 Å². The van der Waals surface area contributed by atoms with Crippen molar-refractivity contribution in [3.63, 3.8) is 0 Å². The lowest BCUT2D eigenvalue weighted by Gasteiger charge is -2.53. The zero-order valence-corrected chi connectivity index (χ0v) is 32.1. The minimum absolute atomic E-state index is 0.0319. The predicted molar refractivity (Wildman–Crippen MR) is 205 cm³/mol. The van der Waals surface area contributed by atoms with E-state index in [0.717, 1.165) is 60.5 Å². The first-order valence-electron chi connectivity index (χ1n) is 18.6. The average molecular weight is 735 g/mol. The summed E-state index contributed by atoms with van der Waals surface area (Å²) in [6.07, 6.45) is 5.03. The third kappa shape index (κ3) is 10.1. The van der Waals surface area contributed by atoms with Gasteiger partial charge in [0.15, 0.2) is 10.1 Å². The van der Waals surface area contributed by atoms with Crippen LogP contribution >= 0.6 is 23.5 Å². The summed E-state index contributed by atoms with van der Waals surface area (Å²) in [5.74, 6) is 2.01. The van der Waals surface area contributed by atoms with Gasteiger partial charge in [0, 0.05) is 31.6 Å². The molecular weight excluding hydrogens is 681 g/mol. The van der Waals surface area contributed by atoms with Gasteiger partial charge in [0.2, 0.25) is 0 Å². The smallest absolute Gasteiger partial charge is 0.338 e. The molecule has 0 N–H and O–H groups in total. The highest BCUT2D eigenvalue weighted by molar-refractivity contribution is 8.18. The molecule has 276 valence electrons. The van der Waals surface area contributed by atoms with E-state index in [2.05, 4.69) is 45.0 Å². The summed E-state index contributed by atoms with van der Waals surface area (Å²) in [4.78, 5) is 13.5. The van der Waals surface area contributed by atoms with Crippen LogP contribution in [0.3, 0.4) is 0 Å². The molecule has 0 amide bonds. The Morgan fingerprint density at radius 1 is 0.882 bits per heavy atom. The first-order chi connectivity index (χ1) is 24.8. The van der Waals surface area contributed by atoms with Gasteiger partial charge in [-0.3, -0.25) is 0 Å². The molecule has 51 heavy (non-hydrogen) atoms. The molecule has 6 rings (SSSR count). The SMILES string of the molecule is CC[C@H](C[C@@H]1O[C@@]2(CC[C@@H]1C)C[C@H](OC(=O)c1ccccc1)[C@H](C)[C@H](CC1(OCc3ccccc3)SCCCS1)O2)OCc1ccc(OC)cc1. The van der Waals surface area contributed by atoms with E-state index in [0.29, 0.717) is 37.5 Å². The summed E-state index contributed by atoms with van der Waals surface area (Å²) in [5, 5.41) is 0. The Kier molecular flexibility index (Phi) is 13.5. The van der Waals surface area contributed by atoms with Crippen LogP contribution in [0.1, 0.15) is 87.2 Å². The number of esters is 1. The van der Waals surface area contributed by atoms with Gasteiger partial charge in [-0.2, -0.15) is 0 Å². The molecule has 3 heterocycles. The Balaban J connectivity index is 1.21. The van der Waals surface area contributed by atoms with Crippen LogP contribution in [0.5, 0.6) is 5.75 Å². The highest BCUT2D eigenvalue weighted by Crippen LogP contribution is 2.52. The molecule has 1 spiro atoms. The van der Waals surface area contributed by atoms with Crippen LogP contribution in [-0.4, -0.2) is 59.1 Å². The molecule has 3 aromatic carbocycles. The largest absolute Gasteiger partial charge is 0.497 e. The van der Waals surface area contributed by atoms with Gasteiger partial charge >= 0.3 is 5.97 Å². The molecule has 9 heteroatoms. The quantitative estimate of drug-likeness (QED) is 0.151. The second kappa shape index (κ2) is 18.0. The van der Waals surface area contributed by atoms with Gasteiger partial charge < -0.3 is 28.4 Å². The summed E-state index contributed by atoms with van der Waals surface area (Å²) >= 11 is 3.76. The molecule has 0 unspecified atom stereocenters. The highest BCUT2D eigenvalue weighted by Gasteiger charge is 2.54. The van der Waals surface area contributed by atoms with Gasteiger partial charge in [-0.15, -0.1) is 23.5 Å². The molecule has 0 radical (unpaired) electrons. The first-order valence-corrected chi connectivity index (χ1v) is 20.6. The summed E-state index contributed by atoms with van der Waals surface area (Å²) in [7, 11) is 1.68. The summed E-state index contributed by atoms with van der Waals surface area (Å²) in [6, 6.07) is 27.7. The van der Waals surface area contributed by atoms with Crippen LogP contribution in [0.25, 0.3) is 0 Å². The standard InChI is InChI=1S/C42H54O7S2/c1-5-35(45-28-33-17-19-36(44-4)20-18-33)25-37-30(2)21-22-41(48-37)26-38(47-40(43)34-15-10-7-11-16-34)31(3)39(49-41)27-42(50-23-12-24-51-42)46-29-32-13-8-6-9-14-32/h6-11,13-20,30-31,35,37-39H,5,12,21-29H2,1-4H3/t30-,31-,35+,37-,38-,39-,41+/m0/s1. The van der Waals surface area contributed by atoms with E-state index >= 15 is 0 Å². The molecule has 3 aromatic rings. The average Bonchev–Trinajstić information content (AvgIpc) is 3.17. The molecule has 7 nitrogen and oxygen atoms in total. The lowest BCUT2D eigenvalue weighted by atomic mass is 9.81. The fourth-order valence-corrected chi connectivity index (χ4v) is 10.4. The number of thioether (sulfide) groups is 2. The fraction of sp³-hybridized carbons (Fsp3) is 0.548. The van der Waals surface area contributed by atoms with Crippen LogP contribution in [0.15, 0.2) is 84.9 Å². The zero-order valence-electron chi connectivity index (χ0n) is 30.5. The molecule has 0 aromatic heterocycles. The van der Waals surface area contributed by atoms with Gasteiger partial charge in [-0.05, 0) is 72.1 Å². The van der Waals surface area contributed by atoms with Crippen LogP contribution in [0, 0.1) is 11.8 Å². The number of benzene rings is 3. The Labute approximate surface area is 312 Å². The molecule has 3 fully saturated rings. The summed E-state index contributed by atoms with van der Waals surface area (Å²) in [5.41, 5.74) is 2.82. The van der Waals surface area contributed by atoms with E-state index in [9.17, 15) is 4.79 Å². The van der Waals surface area contributed by atoms with Gasteiger partial charge in [-0.1, -0.05) is 81.4 Å². The number of carbonyl (C=O) groups excluding carboxylic acids is 1. The number of carbonyl (C=O) groups is 1. The lowest BCUT2D eigenvalue weighted by Crippen LogP contribution is -2.58. The third-order valence-corrected chi connectivity index (χ3v) is 13.7. The van der Waals surface area contributed by atoms with Gasteiger partial charge in [-0.25, -0.2) is 4.79 Å². The lowest BCUT2D eigenvalue weighted by molar-refractivity contribution is -0.348. The van der Waals surface area contributed by atoms with Crippen molar-refractivity contribution in [2.75, 3.05) is 18.6 Å². The number of hydrogen-bond donors (Lipinski definition) is 0. The fourth-order valence-electron chi connectivity index (χ4n) is 7.30. The van der Waals surface area contributed by atoms with Crippen molar-refractivity contribution in [2.24, 2.45) is 11.8 Å². The van der Waals surface area contributed by atoms with Crippen molar-refractivity contribution < 1.29 is 33.2 Å². The van der Waals surface area contributed by atoms with Crippen molar-refractivity contribution >= 4 is 29.5 Å². The Hall–Kier alpha value is -2.53. The van der Waals surface area contributed by atoms with E-state index in [4.69, 9.17) is 28.4 Å². The van der Waals surface area contributed by atoms with Crippen molar-refractivity contribution in [3.8, 4) is 5.75 Å². The Morgan fingerprint density at radius 3 is 2.24 bits per heavy atom. The molecule has 0 bridgehead atoms. The Morgan fingerprint density at radius 2 is 1.55 bits per heavy atom. The van der Waals surface area contributed by atoms with Gasteiger partial charge in [0.05, 0.1) is 44.2 Å². The zero-order chi connectivity index (χ0) is 35.7. The molecule has 3 saturated heterocycles. The molecule has 0 aliphatic carbocycles. The van der Waals surface area contributed by atoms with E-state index in [1.807, 2.05) is 84.2 Å². The van der Waals surface area contributed by atoms with Crippen LogP contribution < -0.4 is 4.74 Å². The molecular formula is C42H54O7S2. The number of rotatable bonds is 14. The maximum Gasteiger partial charge on any atom is 0.338 e. The van der Waals surface area contributed by atoms with Gasteiger partial charge in [0.25, 0.3) is 0 Å². The topological polar surface area (TPSA) is 72.5 Å². The summed E-state index contributed by atoms with van der Waals surface area (Å²) in [6.45, 7) is 7.66. The monoisotopic (exact) mass is 734 g/mol. The number of hydrogen-bond acceptors (Lipinski definition) is 9. The minimum Gasteiger partial charge on any atom is -0.497 e. The molecule has 7 atom stereocenters. The minimum atomic E-state index is -0.866. The molecule has 3 aliphatic heterocycles. The summed E-state index contributed by atoms with van der Waals surface area (Å²) < 4.78 is 38.8. The first kappa shape index (κ1) is 38.2. The maximum absolute atomic E-state index is 13.5. The number of ether oxygens (including phenoxy) is 6. The van der Waals surface area contributed by atoms with Crippen LogP contribution in [0.4, 0.5) is 0 Å². The molecule has 0 saturated carbocycles. The van der Waals surface area contributed by atoms with Crippen LogP contribution in [0.2, 0.25) is 0 Å². The maximum atomic E-state index is 13.5. The highest BCUT2D eigenvalue weighted by atomic mass is 32.2. The third-order valence-electron chi connectivity index (χ3n) is 10.6. The van der Waals surface area contributed by atoms with Crippen molar-refractivity contribution in [2.45, 2.75) is 113 Å². The van der Waals surface area contributed by atoms with Gasteiger partial charge in [0.1, 0.15) is 11.9 Å². The van der Waals surface area contributed by atoms with E-state index in [-0.39, 0.29) is 36.3 Å². The van der Waals surface area contributed by atoms with Crippen molar-refractivity contribution in [1.82, 2.24) is 0 Å². The van der Waals surface area contributed by atoms with E-state index in [1.165, 1.54) is 0 Å². The predicted octanol–water partition coefficient (Wildman–Crippen LogP) is 9.67. The van der Waals surface area contributed by atoms with Crippen LogP contribution in [-0.2, 0) is 36.9 Å². The second-order valence-electron chi connectivity index (χ2n) is 14.2. The Bertz CT molecular complexity index is 1500. The van der Waals surface area contributed by atoms with Crippen molar-refractivity contribution in [3.05, 3.63) is 102 Å².